The SMILES string of the molecule is Nc1ncnc2c1ncn2[C@@H]1O[C@@H]2COP(=O)(O)OP(=O)(O)OC[C@H]3O[C@@H](O[C@H]2[C@H]1O)[C@H](O)[C@@H]3O. The Bertz CT molecular complexity index is 1200. The maximum Gasteiger partial charge on any atom is 0.481 e. The van der Waals surface area contributed by atoms with Crippen LogP contribution >= 0.6 is 15.6 Å². The van der Waals surface area contributed by atoms with Crippen LogP contribution in [0.5, 0.6) is 0 Å². The van der Waals surface area contributed by atoms with Crippen LogP contribution in [0.1, 0.15) is 6.23 Å². The monoisotopic (exact) mass is 541 g/mol. The van der Waals surface area contributed by atoms with Crippen molar-refractivity contribution in [2.24, 2.45) is 0 Å². The third kappa shape index (κ3) is 4.74. The van der Waals surface area contributed by atoms with Crippen LogP contribution in [0.15, 0.2) is 12.7 Å². The van der Waals surface area contributed by atoms with Crippen LogP contribution < -0.4 is 5.73 Å². The zero-order chi connectivity index (χ0) is 25.1. The zero-order valence-electron chi connectivity index (χ0n) is 17.5. The van der Waals surface area contributed by atoms with Crippen LogP contribution in [0.4, 0.5) is 5.82 Å². The first-order chi connectivity index (χ1) is 16.5. The number of anilines is 1. The van der Waals surface area contributed by atoms with E-state index in [-0.39, 0.29) is 17.0 Å². The number of hydrogen-bond acceptors (Lipinski definition) is 15. The minimum Gasteiger partial charge on any atom is -0.387 e. The zero-order valence-corrected chi connectivity index (χ0v) is 19.2. The third-order valence-electron chi connectivity index (χ3n) is 5.59. The van der Waals surface area contributed by atoms with Crippen molar-refractivity contribution in [2.45, 2.75) is 49.1 Å². The summed E-state index contributed by atoms with van der Waals surface area (Å²) in [6.07, 6.45) is -9.22. The highest BCUT2D eigenvalue weighted by Crippen LogP contribution is 2.61. The van der Waals surface area contributed by atoms with Gasteiger partial charge in [0, 0.05) is 0 Å². The van der Waals surface area contributed by atoms with Gasteiger partial charge in [-0.1, -0.05) is 0 Å². The van der Waals surface area contributed by atoms with E-state index in [1.807, 2.05) is 0 Å². The molecule has 3 fully saturated rings. The maximum atomic E-state index is 12.2. The molecule has 3 aliphatic heterocycles. The lowest BCUT2D eigenvalue weighted by Gasteiger charge is -2.25. The topological polar surface area (TPSA) is 260 Å². The standard InChI is InChI=1S/C15H21N5O13P2/c16-12-7-13(18-3-17-12)20(4-19-7)14-10(23)11-6(30-14)2-29-35(26,27)33-34(24,25)28-1-5-8(21)9(22)15(31-5)32-11/h3-6,8-11,14-15,21-23H,1-2H2,(H,24,25)(H,26,27)(H2,16,17,18)/t5-,6-,8-,9-,10-,11-,14-,15+/m1/s1. The Balaban J connectivity index is 1.48. The first kappa shape index (κ1) is 25.0. The molecule has 2 aromatic rings. The maximum absolute atomic E-state index is 12.2. The Morgan fingerprint density at radius 3 is 2.31 bits per heavy atom. The molecule has 5 rings (SSSR count). The lowest BCUT2D eigenvalue weighted by atomic mass is 10.1. The Morgan fingerprint density at radius 2 is 1.60 bits per heavy atom. The number of ether oxygens (including phenoxy) is 3. The van der Waals surface area contributed by atoms with Crippen LogP contribution in [0, 0.1) is 0 Å². The van der Waals surface area contributed by atoms with E-state index in [2.05, 4.69) is 23.8 Å². The Morgan fingerprint density at radius 1 is 0.914 bits per heavy atom. The van der Waals surface area contributed by atoms with Crippen LogP contribution in [-0.4, -0.2) is 101 Å². The molecule has 3 aliphatic rings. The van der Waals surface area contributed by atoms with Gasteiger partial charge in [-0.15, -0.1) is 0 Å². The minimum atomic E-state index is -5.18. The number of nitrogens with two attached hydrogens (primary N) is 1. The van der Waals surface area contributed by atoms with Crippen molar-refractivity contribution in [3.63, 3.8) is 0 Å². The number of fused-ring (bicyclic) bond motifs is 4. The number of hydrogen-bond donors (Lipinski definition) is 6. The summed E-state index contributed by atoms with van der Waals surface area (Å²) in [7, 11) is -10.3. The number of aromatic nitrogens is 4. The van der Waals surface area contributed by atoms with Crippen molar-refractivity contribution in [3.05, 3.63) is 12.7 Å². The van der Waals surface area contributed by atoms with Gasteiger partial charge in [0.25, 0.3) is 0 Å². The summed E-state index contributed by atoms with van der Waals surface area (Å²) in [5, 5.41) is 31.6. The second kappa shape index (κ2) is 9.04. The molecule has 0 aromatic carbocycles. The molecule has 0 aliphatic carbocycles. The number of phosphoric ester groups is 2. The molecular formula is C15H21N5O13P2. The Labute approximate surface area is 195 Å². The molecule has 2 unspecified atom stereocenters. The normalized spacial score (nSPS) is 44.9. The molecule has 194 valence electrons. The molecule has 3 saturated heterocycles. The van der Waals surface area contributed by atoms with Gasteiger partial charge >= 0.3 is 15.6 Å². The second-order valence-corrected chi connectivity index (χ2v) is 10.9. The molecule has 7 N–H and O–H groups in total. The van der Waals surface area contributed by atoms with Crippen molar-refractivity contribution in [1.29, 1.82) is 0 Å². The van der Waals surface area contributed by atoms with Gasteiger partial charge in [0.2, 0.25) is 0 Å². The number of aliphatic hydroxyl groups is 3. The van der Waals surface area contributed by atoms with E-state index in [0.29, 0.717) is 0 Å². The molecule has 20 heteroatoms. The quantitative estimate of drug-likeness (QED) is 0.208. The van der Waals surface area contributed by atoms with Gasteiger partial charge in [0.15, 0.2) is 24.0 Å². The van der Waals surface area contributed by atoms with E-state index in [9.17, 15) is 34.2 Å². The summed E-state index contributed by atoms with van der Waals surface area (Å²) >= 11 is 0. The number of imidazole rings is 1. The van der Waals surface area contributed by atoms with Gasteiger partial charge in [-0.05, 0) is 0 Å². The Hall–Kier alpha value is -1.63. The Kier molecular flexibility index (Phi) is 6.46. The van der Waals surface area contributed by atoms with Crippen molar-refractivity contribution in [1.82, 2.24) is 19.5 Å². The molecule has 0 amide bonds. The summed E-state index contributed by atoms with van der Waals surface area (Å²) < 4.78 is 56.0. The smallest absolute Gasteiger partial charge is 0.387 e. The molecule has 18 nitrogen and oxygen atoms in total. The predicted molar refractivity (Wildman–Crippen MR) is 108 cm³/mol. The highest BCUT2D eigenvalue weighted by atomic mass is 31.3. The molecule has 10 atom stereocenters. The van der Waals surface area contributed by atoms with Crippen LogP contribution in [0.2, 0.25) is 0 Å². The lowest BCUT2D eigenvalue weighted by molar-refractivity contribution is -0.214. The lowest BCUT2D eigenvalue weighted by Crippen LogP contribution is -2.43. The largest absolute Gasteiger partial charge is 0.481 e. The molecule has 0 radical (unpaired) electrons. The summed E-state index contributed by atoms with van der Waals surface area (Å²) in [6, 6.07) is 0. The first-order valence-electron chi connectivity index (χ1n) is 10.1. The fourth-order valence-corrected chi connectivity index (χ4v) is 6.03. The highest BCUT2D eigenvalue weighted by Gasteiger charge is 2.53. The minimum absolute atomic E-state index is 0.0694. The predicted octanol–water partition coefficient (Wildman–Crippen LogP) is -2.24. The van der Waals surface area contributed by atoms with Crippen LogP contribution in [-0.2, 0) is 36.7 Å². The van der Waals surface area contributed by atoms with Gasteiger partial charge in [-0.3, -0.25) is 13.6 Å². The fraction of sp³-hybridized carbons (Fsp3) is 0.667. The number of rotatable bonds is 1. The van der Waals surface area contributed by atoms with E-state index < -0.39 is 78.0 Å². The fourth-order valence-electron chi connectivity index (χ4n) is 3.94. The summed E-state index contributed by atoms with van der Waals surface area (Å²) in [5.74, 6) is 0.0694. The van der Waals surface area contributed by atoms with E-state index in [1.165, 1.54) is 17.2 Å². The van der Waals surface area contributed by atoms with E-state index in [4.69, 9.17) is 24.5 Å². The highest BCUT2D eigenvalue weighted by molar-refractivity contribution is 7.61. The number of aliphatic hydroxyl groups excluding tert-OH is 3. The molecule has 2 aromatic heterocycles. The summed E-state index contributed by atoms with van der Waals surface area (Å²) in [4.78, 5) is 31.6. The molecular weight excluding hydrogens is 520 g/mol. The van der Waals surface area contributed by atoms with E-state index in [0.717, 1.165) is 0 Å². The van der Waals surface area contributed by atoms with Crippen LogP contribution in [0.25, 0.3) is 11.2 Å². The van der Waals surface area contributed by atoms with Gasteiger partial charge in [-0.25, -0.2) is 24.1 Å². The summed E-state index contributed by atoms with van der Waals surface area (Å²) in [6.45, 7) is -1.60. The van der Waals surface area contributed by atoms with Gasteiger partial charge < -0.3 is 45.1 Å². The van der Waals surface area contributed by atoms with E-state index >= 15 is 0 Å². The average Bonchev–Trinajstić information content (AvgIpc) is 3.42. The number of phosphoric acid groups is 2. The molecule has 35 heavy (non-hydrogen) atoms. The third-order valence-corrected chi connectivity index (χ3v) is 8.19. The first-order valence-corrected chi connectivity index (χ1v) is 13.0. The second-order valence-electron chi connectivity index (χ2n) is 7.87. The molecule has 0 spiro atoms. The number of nitrogens with zero attached hydrogens (tertiary/aromatic N) is 4. The molecule has 0 saturated carbocycles. The molecule has 2 bridgehead atoms. The van der Waals surface area contributed by atoms with Crippen molar-refractivity contribution in [2.75, 3.05) is 18.9 Å². The van der Waals surface area contributed by atoms with Crippen molar-refractivity contribution >= 4 is 32.6 Å². The summed E-state index contributed by atoms with van der Waals surface area (Å²) in [5.41, 5.74) is 6.20. The number of nitrogen functional groups attached to an aromatic ring is 1. The van der Waals surface area contributed by atoms with Crippen molar-refractivity contribution < 1.29 is 61.8 Å². The van der Waals surface area contributed by atoms with Crippen molar-refractivity contribution in [3.8, 4) is 0 Å². The molecule has 5 heterocycles. The van der Waals surface area contributed by atoms with E-state index in [1.54, 1.807) is 0 Å². The average molecular weight is 541 g/mol. The van der Waals surface area contributed by atoms with Gasteiger partial charge in [0.1, 0.15) is 48.5 Å². The van der Waals surface area contributed by atoms with Crippen LogP contribution in [0.3, 0.4) is 0 Å². The van der Waals surface area contributed by atoms with Gasteiger partial charge in [-0.2, -0.15) is 4.31 Å². The van der Waals surface area contributed by atoms with Gasteiger partial charge in [0.05, 0.1) is 19.5 Å².